The average Bonchev–Trinajstić information content (AvgIpc) is 2.45. The number of benzene rings is 1. The van der Waals surface area contributed by atoms with E-state index in [4.69, 9.17) is 4.74 Å². The summed E-state index contributed by atoms with van der Waals surface area (Å²) in [5.74, 6) is 0.717. The number of amides is 2. The van der Waals surface area contributed by atoms with Crippen molar-refractivity contribution in [2.45, 2.75) is 33.7 Å². The molecule has 2 N–H and O–H groups in total. The fourth-order valence-electron chi connectivity index (χ4n) is 1.64. The first-order chi connectivity index (χ1) is 9.93. The van der Waals surface area contributed by atoms with Crippen LogP contribution < -0.4 is 15.4 Å². The van der Waals surface area contributed by atoms with Crippen molar-refractivity contribution < 1.29 is 14.3 Å². The van der Waals surface area contributed by atoms with Crippen molar-refractivity contribution in [2.75, 3.05) is 13.2 Å². The van der Waals surface area contributed by atoms with Crippen LogP contribution in [-0.4, -0.2) is 31.0 Å². The SMILES string of the molecule is CCNC(=O)[C@H](C)NC(=O)c1ccc(OCC(C)C)cc1. The highest BCUT2D eigenvalue weighted by atomic mass is 16.5. The van der Waals surface area contributed by atoms with E-state index in [1.54, 1.807) is 31.2 Å². The van der Waals surface area contributed by atoms with Crippen LogP contribution in [0.2, 0.25) is 0 Å². The number of ether oxygens (including phenoxy) is 1. The van der Waals surface area contributed by atoms with E-state index >= 15 is 0 Å². The first kappa shape index (κ1) is 17.0. The fraction of sp³-hybridized carbons (Fsp3) is 0.500. The number of rotatable bonds is 7. The minimum atomic E-state index is -0.561. The first-order valence-electron chi connectivity index (χ1n) is 7.25. The Hall–Kier alpha value is -2.04. The molecule has 0 heterocycles. The van der Waals surface area contributed by atoms with Crippen molar-refractivity contribution in [1.82, 2.24) is 10.6 Å². The molecule has 5 nitrogen and oxygen atoms in total. The monoisotopic (exact) mass is 292 g/mol. The summed E-state index contributed by atoms with van der Waals surface area (Å²) in [6, 6.07) is 6.34. The summed E-state index contributed by atoms with van der Waals surface area (Å²) in [5, 5.41) is 5.32. The molecule has 0 aliphatic carbocycles. The second-order valence-electron chi connectivity index (χ2n) is 5.32. The number of hydrogen-bond donors (Lipinski definition) is 2. The molecule has 0 unspecified atom stereocenters. The van der Waals surface area contributed by atoms with Gasteiger partial charge in [-0.2, -0.15) is 0 Å². The number of carbonyl (C=O) groups is 2. The van der Waals surface area contributed by atoms with Gasteiger partial charge in [-0.1, -0.05) is 13.8 Å². The molecular formula is C16H24N2O3. The largest absolute Gasteiger partial charge is 0.493 e. The minimum Gasteiger partial charge on any atom is -0.493 e. The van der Waals surface area contributed by atoms with E-state index < -0.39 is 6.04 Å². The van der Waals surface area contributed by atoms with Gasteiger partial charge < -0.3 is 15.4 Å². The summed E-state index contributed by atoms with van der Waals surface area (Å²) >= 11 is 0. The number of likely N-dealkylation sites (N-methyl/N-ethyl adjacent to an activating group) is 1. The number of nitrogens with one attached hydrogen (secondary N) is 2. The molecule has 0 saturated heterocycles. The Balaban J connectivity index is 2.56. The second-order valence-corrected chi connectivity index (χ2v) is 5.32. The van der Waals surface area contributed by atoms with Gasteiger partial charge in [0.15, 0.2) is 0 Å². The molecule has 0 aliphatic rings. The zero-order chi connectivity index (χ0) is 15.8. The van der Waals surface area contributed by atoms with Gasteiger partial charge in [0.2, 0.25) is 5.91 Å². The van der Waals surface area contributed by atoms with Crippen LogP contribution in [0.15, 0.2) is 24.3 Å². The Labute approximate surface area is 126 Å². The van der Waals surface area contributed by atoms with Gasteiger partial charge in [0.1, 0.15) is 11.8 Å². The van der Waals surface area contributed by atoms with Crippen molar-refractivity contribution in [3.63, 3.8) is 0 Å². The summed E-state index contributed by atoms with van der Waals surface area (Å²) in [7, 11) is 0. The average molecular weight is 292 g/mol. The third-order valence-electron chi connectivity index (χ3n) is 2.79. The standard InChI is InChI=1S/C16H24N2O3/c1-5-17-15(19)12(4)18-16(20)13-6-8-14(9-7-13)21-10-11(2)3/h6-9,11-12H,5,10H2,1-4H3,(H,17,19)(H,18,20)/t12-/m0/s1. The lowest BCUT2D eigenvalue weighted by molar-refractivity contribution is -0.122. The van der Waals surface area contributed by atoms with Gasteiger partial charge in [0, 0.05) is 12.1 Å². The van der Waals surface area contributed by atoms with Crippen LogP contribution in [0.1, 0.15) is 38.1 Å². The van der Waals surface area contributed by atoms with Crippen molar-refractivity contribution >= 4 is 11.8 Å². The maximum atomic E-state index is 12.0. The van der Waals surface area contributed by atoms with Gasteiger partial charge in [-0.05, 0) is 44.0 Å². The highest BCUT2D eigenvalue weighted by Crippen LogP contribution is 2.13. The summed E-state index contributed by atoms with van der Waals surface area (Å²) in [6.45, 7) is 8.82. The molecule has 0 aromatic heterocycles. The van der Waals surface area contributed by atoms with Crippen LogP contribution in [0.3, 0.4) is 0 Å². The Kier molecular flexibility index (Phi) is 6.72. The van der Waals surface area contributed by atoms with Gasteiger partial charge in [0.25, 0.3) is 5.91 Å². The summed E-state index contributed by atoms with van der Waals surface area (Å²) in [5.41, 5.74) is 0.503. The molecule has 1 rings (SSSR count). The van der Waals surface area contributed by atoms with E-state index in [1.807, 2.05) is 6.92 Å². The highest BCUT2D eigenvalue weighted by molar-refractivity contribution is 5.97. The molecule has 0 radical (unpaired) electrons. The molecular weight excluding hydrogens is 268 g/mol. The molecule has 0 aliphatic heterocycles. The van der Waals surface area contributed by atoms with Gasteiger partial charge in [-0.15, -0.1) is 0 Å². The molecule has 1 atom stereocenters. The summed E-state index contributed by atoms with van der Waals surface area (Å²) < 4.78 is 5.56. The van der Waals surface area contributed by atoms with Gasteiger partial charge >= 0.3 is 0 Å². The summed E-state index contributed by atoms with van der Waals surface area (Å²) in [4.78, 5) is 23.6. The maximum absolute atomic E-state index is 12.0. The quantitative estimate of drug-likeness (QED) is 0.807. The fourth-order valence-corrected chi connectivity index (χ4v) is 1.64. The lowest BCUT2D eigenvalue weighted by Gasteiger charge is -2.13. The lowest BCUT2D eigenvalue weighted by Crippen LogP contribution is -2.44. The molecule has 0 fully saturated rings. The molecule has 0 saturated carbocycles. The van der Waals surface area contributed by atoms with E-state index in [0.717, 1.165) is 5.75 Å². The Morgan fingerprint density at radius 1 is 1.14 bits per heavy atom. The predicted molar refractivity (Wildman–Crippen MR) is 82.4 cm³/mol. The Morgan fingerprint density at radius 3 is 2.29 bits per heavy atom. The summed E-state index contributed by atoms with van der Waals surface area (Å²) in [6.07, 6.45) is 0. The Morgan fingerprint density at radius 2 is 1.76 bits per heavy atom. The second kappa shape index (κ2) is 8.29. The molecule has 1 aromatic rings. The smallest absolute Gasteiger partial charge is 0.251 e. The predicted octanol–water partition coefficient (Wildman–Crippen LogP) is 1.98. The maximum Gasteiger partial charge on any atom is 0.251 e. The van der Waals surface area contributed by atoms with Crippen LogP contribution in [0.25, 0.3) is 0 Å². The molecule has 5 heteroatoms. The lowest BCUT2D eigenvalue weighted by atomic mass is 10.2. The minimum absolute atomic E-state index is 0.192. The van der Waals surface area contributed by atoms with E-state index in [1.165, 1.54) is 0 Å². The zero-order valence-corrected chi connectivity index (χ0v) is 13.1. The van der Waals surface area contributed by atoms with Crippen molar-refractivity contribution in [1.29, 1.82) is 0 Å². The van der Waals surface area contributed by atoms with Crippen LogP contribution in [0.4, 0.5) is 0 Å². The van der Waals surface area contributed by atoms with Crippen LogP contribution in [-0.2, 0) is 4.79 Å². The van der Waals surface area contributed by atoms with Crippen molar-refractivity contribution in [3.05, 3.63) is 29.8 Å². The van der Waals surface area contributed by atoms with E-state index in [-0.39, 0.29) is 11.8 Å². The first-order valence-corrected chi connectivity index (χ1v) is 7.25. The molecule has 0 spiro atoms. The van der Waals surface area contributed by atoms with E-state index in [0.29, 0.717) is 24.6 Å². The number of hydrogen-bond acceptors (Lipinski definition) is 3. The molecule has 1 aromatic carbocycles. The third kappa shape index (κ3) is 5.85. The molecule has 0 bridgehead atoms. The normalized spacial score (nSPS) is 11.9. The van der Waals surface area contributed by atoms with E-state index in [9.17, 15) is 9.59 Å². The number of carbonyl (C=O) groups excluding carboxylic acids is 2. The third-order valence-corrected chi connectivity index (χ3v) is 2.79. The van der Waals surface area contributed by atoms with E-state index in [2.05, 4.69) is 24.5 Å². The van der Waals surface area contributed by atoms with Gasteiger partial charge in [0.05, 0.1) is 6.61 Å². The van der Waals surface area contributed by atoms with Crippen LogP contribution >= 0.6 is 0 Å². The molecule has 116 valence electrons. The van der Waals surface area contributed by atoms with Crippen LogP contribution in [0.5, 0.6) is 5.75 Å². The molecule has 21 heavy (non-hydrogen) atoms. The highest BCUT2D eigenvalue weighted by Gasteiger charge is 2.15. The molecule has 2 amide bonds. The Bertz CT molecular complexity index is 469. The van der Waals surface area contributed by atoms with Crippen molar-refractivity contribution in [3.8, 4) is 5.75 Å². The topological polar surface area (TPSA) is 67.4 Å². The van der Waals surface area contributed by atoms with Crippen LogP contribution in [0, 0.1) is 5.92 Å². The van der Waals surface area contributed by atoms with Gasteiger partial charge in [-0.3, -0.25) is 9.59 Å². The zero-order valence-electron chi connectivity index (χ0n) is 13.1. The van der Waals surface area contributed by atoms with Crippen molar-refractivity contribution in [2.24, 2.45) is 5.92 Å². The van der Waals surface area contributed by atoms with Gasteiger partial charge in [-0.25, -0.2) is 0 Å².